The van der Waals surface area contributed by atoms with E-state index < -0.39 is 0 Å². The first-order chi connectivity index (χ1) is 17.0. The number of amides is 1. The second-order valence-electron chi connectivity index (χ2n) is 8.55. The molecule has 2 aromatic carbocycles. The number of hydrogen-bond donors (Lipinski definition) is 2. The summed E-state index contributed by atoms with van der Waals surface area (Å²) in [6.45, 7) is 5.08. The summed E-state index contributed by atoms with van der Waals surface area (Å²) < 4.78 is 12.6. The number of hydrogen-bond acceptors (Lipinski definition) is 5. The number of benzene rings is 2. The van der Waals surface area contributed by atoms with Crippen molar-refractivity contribution in [2.24, 2.45) is 0 Å². The highest BCUT2D eigenvalue weighted by molar-refractivity contribution is 5.96. The van der Waals surface area contributed by atoms with E-state index in [0.29, 0.717) is 30.0 Å². The number of aromatic amines is 1. The van der Waals surface area contributed by atoms with Gasteiger partial charge < -0.3 is 19.8 Å². The number of rotatable bonds is 7. The molecule has 0 unspecified atom stereocenters. The highest BCUT2D eigenvalue weighted by Crippen LogP contribution is 2.26. The first-order valence-corrected chi connectivity index (χ1v) is 11.4. The molecular formula is C27H27N5O3. The Hall–Kier alpha value is -4.33. The molecule has 35 heavy (non-hydrogen) atoms. The molecule has 3 heterocycles. The number of methoxy groups -OCH3 is 2. The van der Waals surface area contributed by atoms with Gasteiger partial charge in [0.05, 0.1) is 32.5 Å². The summed E-state index contributed by atoms with van der Waals surface area (Å²) in [5, 5.41) is 9.45. The van der Waals surface area contributed by atoms with Crippen LogP contribution in [0.2, 0.25) is 0 Å². The van der Waals surface area contributed by atoms with Gasteiger partial charge in [0.25, 0.3) is 5.91 Å². The van der Waals surface area contributed by atoms with Gasteiger partial charge in [-0.3, -0.25) is 4.79 Å². The number of pyridine rings is 1. The molecule has 0 atom stereocenters. The summed E-state index contributed by atoms with van der Waals surface area (Å²) in [4.78, 5) is 20.7. The van der Waals surface area contributed by atoms with Gasteiger partial charge in [0.1, 0.15) is 11.5 Å². The number of carbonyl (C=O) groups excluding carboxylic acids is 1. The average molecular weight is 470 g/mol. The number of fused-ring (bicyclic) bond motifs is 2. The molecule has 0 bridgehead atoms. The maximum Gasteiger partial charge on any atom is 0.253 e. The van der Waals surface area contributed by atoms with Crippen LogP contribution in [0.1, 0.15) is 32.7 Å². The van der Waals surface area contributed by atoms with Crippen molar-refractivity contribution in [2.75, 3.05) is 14.2 Å². The molecule has 5 rings (SSSR count). The zero-order valence-electron chi connectivity index (χ0n) is 20.2. The van der Waals surface area contributed by atoms with E-state index in [1.165, 1.54) is 10.9 Å². The molecule has 0 fully saturated rings. The predicted molar refractivity (Wildman–Crippen MR) is 135 cm³/mol. The topological polar surface area (TPSA) is 94.1 Å². The summed E-state index contributed by atoms with van der Waals surface area (Å²) in [5.41, 5.74) is 6.68. The lowest BCUT2D eigenvalue weighted by molar-refractivity contribution is 0.0950. The second kappa shape index (κ2) is 9.13. The van der Waals surface area contributed by atoms with Gasteiger partial charge >= 0.3 is 0 Å². The smallest absolute Gasteiger partial charge is 0.253 e. The molecule has 5 aromatic rings. The monoisotopic (exact) mass is 469 g/mol. The van der Waals surface area contributed by atoms with Crippen LogP contribution in [0.15, 0.2) is 54.9 Å². The molecule has 0 saturated heterocycles. The van der Waals surface area contributed by atoms with Crippen molar-refractivity contribution < 1.29 is 14.3 Å². The Morgan fingerprint density at radius 2 is 1.91 bits per heavy atom. The second-order valence-corrected chi connectivity index (χ2v) is 8.55. The van der Waals surface area contributed by atoms with Crippen LogP contribution in [0.4, 0.5) is 0 Å². The fraction of sp³-hybridized carbons (Fsp3) is 0.222. The van der Waals surface area contributed by atoms with E-state index in [1.807, 2.05) is 30.3 Å². The lowest BCUT2D eigenvalue weighted by Crippen LogP contribution is -2.22. The first kappa shape index (κ1) is 22.5. The van der Waals surface area contributed by atoms with Crippen LogP contribution in [0.3, 0.4) is 0 Å². The number of carbonyl (C=O) groups is 1. The summed E-state index contributed by atoms with van der Waals surface area (Å²) in [5.74, 6) is 1.26. The third-order valence-corrected chi connectivity index (χ3v) is 6.38. The van der Waals surface area contributed by atoms with E-state index in [9.17, 15) is 4.79 Å². The molecule has 1 amide bonds. The summed E-state index contributed by atoms with van der Waals surface area (Å²) >= 11 is 0. The molecular weight excluding hydrogens is 442 g/mol. The molecule has 3 aromatic heterocycles. The molecule has 0 aliphatic carbocycles. The highest BCUT2D eigenvalue weighted by atomic mass is 16.5. The molecule has 8 heteroatoms. The quantitative estimate of drug-likeness (QED) is 0.365. The van der Waals surface area contributed by atoms with Crippen LogP contribution in [-0.4, -0.2) is 39.9 Å². The van der Waals surface area contributed by atoms with Crippen LogP contribution >= 0.6 is 0 Å². The lowest BCUT2D eigenvalue weighted by atomic mass is 10.1. The maximum atomic E-state index is 12.8. The molecule has 2 N–H and O–H groups in total. The Morgan fingerprint density at radius 3 is 2.71 bits per heavy atom. The standard InChI is InChI=1S/C27H27N5O3/c1-16-17(2)31-24-8-5-18(9-23(16)24)12-29-27(33)21-10-20-14-30-32(26(20)28-13-21)15-19-6-7-22(34-3)11-25(19)35-4/h5-11,13-14,31H,12,15H2,1-4H3,(H,29,33). The third-order valence-electron chi connectivity index (χ3n) is 6.38. The summed E-state index contributed by atoms with van der Waals surface area (Å²) in [6.07, 6.45) is 3.31. The van der Waals surface area contributed by atoms with E-state index in [0.717, 1.165) is 33.5 Å². The van der Waals surface area contributed by atoms with Crippen molar-refractivity contribution in [1.29, 1.82) is 0 Å². The van der Waals surface area contributed by atoms with Crippen molar-refractivity contribution in [3.05, 3.63) is 82.8 Å². The van der Waals surface area contributed by atoms with Crippen LogP contribution < -0.4 is 14.8 Å². The van der Waals surface area contributed by atoms with Crippen molar-refractivity contribution in [3.63, 3.8) is 0 Å². The zero-order valence-corrected chi connectivity index (χ0v) is 20.2. The first-order valence-electron chi connectivity index (χ1n) is 11.4. The van der Waals surface area contributed by atoms with Crippen molar-refractivity contribution in [1.82, 2.24) is 25.1 Å². The molecule has 178 valence electrons. The van der Waals surface area contributed by atoms with Crippen LogP contribution in [-0.2, 0) is 13.1 Å². The third kappa shape index (κ3) is 4.30. The minimum Gasteiger partial charge on any atom is -0.497 e. The van der Waals surface area contributed by atoms with Gasteiger partial charge in [-0.15, -0.1) is 0 Å². The molecule has 0 saturated carbocycles. The molecule has 8 nitrogen and oxygen atoms in total. The van der Waals surface area contributed by atoms with Gasteiger partial charge in [-0.05, 0) is 55.3 Å². The lowest BCUT2D eigenvalue weighted by Gasteiger charge is -2.11. The van der Waals surface area contributed by atoms with E-state index in [-0.39, 0.29) is 5.91 Å². The number of nitrogens with one attached hydrogen (secondary N) is 2. The Balaban J connectivity index is 1.31. The molecule has 0 spiro atoms. The Labute approximate surface area is 202 Å². The minimum atomic E-state index is -0.175. The maximum absolute atomic E-state index is 12.8. The number of aryl methyl sites for hydroxylation is 2. The summed E-state index contributed by atoms with van der Waals surface area (Å²) in [6, 6.07) is 13.7. The van der Waals surface area contributed by atoms with Crippen LogP contribution in [0.5, 0.6) is 11.5 Å². The van der Waals surface area contributed by atoms with E-state index in [1.54, 1.807) is 31.3 Å². The van der Waals surface area contributed by atoms with Crippen molar-refractivity contribution in [3.8, 4) is 11.5 Å². The van der Waals surface area contributed by atoms with Gasteiger partial charge in [-0.2, -0.15) is 5.10 Å². The zero-order chi connectivity index (χ0) is 24.5. The molecule has 0 aliphatic heterocycles. The largest absolute Gasteiger partial charge is 0.497 e. The van der Waals surface area contributed by atoms with Crippen molar-refractivity contribution >= 4 is 27.8 Å². The SMILES string of the molecule is COc1ccc(Cn2ncc3cc(C(=O)NCc4ccc5[nH]c(C)c(C)c5c4)cnc32)c(OC)c1. The average Bonchev–Trinajstić information content (AvgIpc) is 3.41. The van der Waals surface area contributed by atoms with Crippen LogP contribution in [0.25, 0.3) is 21.9 Å². The Morgan fingerprint density at radius 1 is 1.06 bits per heavy atom. The number of ether oxygens (including phenoxy) is 2. The molecule has 0 aliphatic rings. The predicted octanol–water partition coefficient (Wildman–Crippen LogP) is 4.52. The number of H-pyrrole nitrogens is 1. The van der Waals surface area contributed by atoms with Gasteiger partial charge in [0.2, 0.25) is 0 Å². The summed E-state index contributed by atoms with van der Waals surface area (Å²) in [7, 11) is 3.25. The van der Waals surface area contributed by atoms with E-state index >= 15 is 0 Å². The number of nitrogens with zero attached hydrogens (tertiary/aromatic N) is 3. The van der Waals surface area contributed by atoms with E-state index in [4.69, 9.17) is 9.47 Å². The van der Waals surface area contributed by atoms with E-state index in [2.05, 4.69) is 46.4 Å². The Bertz CT molecular complexity index is 1550. The van der Waals surface area contributed by atoms with Gasteiger partial charge in [0.15, 0.2) is 5.65 Å². The molecule has 0 radical (unpaired) electrons. The fourth-order valence-electron chi connectivity index (χ4n) is 4.26. The normalized spacial score (nSPS) is 11.2. The highest BCUT2D eigenvalue weighted by Gasteiger charge is 2.13. The van der Waals surface area contributed by atoms with Gasteiger partial charge in [-0.1, -0.05) is 6.07 Å². The van der Waals surface area contributed by atoms with Gasteiger partial charge in [0, 0.05) is 46.4 Å². The van der Waals surface area contributed by atoms with Gasteiger partial charge in [-0.25, -0.2) is 9.67 Å². The Kier molecular flexibility index (Phi) is 5.86. The van der Waals surface area contributed by atoms with Crippen molar-refractivity contribution in [2.45, 2.75) is 26.9 Å². The van der Waals surface area contributed by atoms with Crippen LogP contribution in [0, 0.1) is 13.8 Å². The number of aromatic nitrogens is 4. The fourth-order valence-corrected chi connectivity index (χ4v) is 4.26. The minimum absolute atomic E-state index is 0.175.